The van der Waals surface area contributed by atoms with Gasteiger partial charge in [0, 0.05) is 19.7 Å². The molecule has 1 aromatic rings. The van der Waals surface area contributed by atoms with Gasteiger partial charge in [-0.05, 0) is 24.8 Å². The number of aliphatic hydroxyl groups is 1. The molecule has 1 aliphatic rings. The molecule has 7 heteroatoms. The molecule has 0 aromatic carbocycles. The van der Waals surface area contributed by atoms with E-state index in [1.807, 2.05) is 0 Å². The van der Waals surface area contributed by atoms with Gasteiger partial charge in [-0.15, -0.1) is 0 Å². The number of aromatic nitrogens is 1. The van der Waals surface area contributed by atoms with E-state index in [-0.39, 0.29) is 18.1 Å². The van der Waals surface area contributed by atoms with Crippen LogP contribution in [0.3, 0.4) is 0 Å². The monoisotopic (exact) mass is 294 g/mol. The van der Waals surface area contributed by atoms with Crippen LogP contribution < -0.4 is 10.6 Å². The fourth-order valence-corrected chi connectivity index (χ4v) is 2.91. The molecule has 0 bridgehead atoms. The number of nitrogens with zero attached hydrogens (tertiary/aromatic N) is 2. The summed E-state index contributed by atoms with van der Waals surface area (Å²) in [6.45, 7) is 2.39. The van der Waals surface area contributed by atoms with Crippen molar-refractivity contribution in [3.05, 3.63) is 22.2 Å². The highest BCUT2D eigenvalue weighted by molar-refractivity contribution is 5.60. The van der Waals surface area contributed by atoms with Crippen molar-refractivity contribution in [3.8, 4) is 0 Å². The van der Waals surface area contributed by atoms with Crippen molar-refractivity contribution in [1.29, 1.82) is 0 Å². The first-order chi connectivity index (χ1) is 9.93. The Labute approximate surface area is 123 Å². The summed E-state index contributed by atoms with van der Waals surface area (Å²) in [5, 5.41) is 27.4. The minimum Gasteiger partial charge on any atom is -0.388 e. The molecule has 7 nitrogen and oxygen atoms in total. The van der Waals surface area contributed by atoms with Crippen LogP contribution >= 0.6 is 0 Å². The first kappa shape index (κ1) is 15.5. The minimum atomic E-state index is -0.817. The number of pyridine rings is 1. The second-order valence-corrected chi connectivity index (χ2v) is 5.85. The molecule has 1 aromatic heterocycles. The maximum absolute atomic E-state index is 11.0. The van der Waals surface area contributed by atoms with Crippen LogP contribution in [0.25, 0.3) is 0 Å². The average molecular weight is 294 g/mol. The molecule has 0 radical (unpaired) electrons. The number of rotatable bonds is 5. The summed E-state index contributed by atoms with van der Waals surface area (Å²) in [7, 11) is 1.70. The molecule has 0 aliphatic heterocycles. The van der Waals surface area contributed by atoms with Crippen molar-refractivity contribution in [2.75, 3.05) is 24.2 Å². The Morgan fingerprint density at radius 2 is 2.33 bits per heavy atom. The van der Waals surface area contributed by atoms with Crippen LogP contribution in [0.2, 0.25) is 0 Å². The van der Waals surface area contributed by atoms with Gasteiger partial charge >= 0.3 is 5.69 Å². The van der Waals surface area contributed by atoms with Crippen molar-refractivity contribution in [2.45, 2.75) is 38.2 Å². The highest BCUT2D eigenvalue weighted by Crippen LogP contribution is 2.33. The van der Waals surface area contributed by atoms with Crippen LogP contribution in [0, 0.1) is 16.0 Å². The van der Waals surface area contributed by atoms with Crippen molar-refractivity contribution in [2.24, 2.45) is 5.92 Å². The SMILES string of the molecule is CNc1ccc([N+](=O)[O-])c(NCC2(O)CCCC(C)C2)n1. The summed E-state index contributed by atoms with van der Waals surface area (Å²) in [6, 6.07) is 2.97. The van der Waals surface area contributed by atoms with Gasteiger partial charge in [0.15, 0.2) is 0 Å². The number of anilines is 2. The number of hydrogen-bond donors (Lipinski definition) is 3. The highest BCUT2D eigenvalue weighted by Gasteiger charge is 2.33. The fourth-order valence-electron chi connectivity index (χ4n) is 2.91. The predicted molar refractivity (Wildman–Crippen MR) is 81.5 cm³/mol. The lowest BCUT2D eigenvalue weighted by molar-refractivity contribution is -0.384. The lowest BCUT2D eigenvalue weighted by Crippen LogP contribution is -2.41. The van der Waals surface area contributed by atoms with E-state index in [2.05, 4.69) is 22.5 Å². The van der Waals surface area contributed by atoms with Crippen LogP contribution in [-0.2, 0) is 0 Å². The molecule has 3 N–H and O–H groups in total. The van der Waals surface area contributed by atoms with Gasteiger partial charge in [0.2, 0.25) is 5.82 Å². The van der Waals surface area contributed by atoms with Gasteiger partial charge in [-0.1, -0.05) is 19.8 Å². The molecule has 21 heavy (non-hydrogen) atoms. The Hall–Kier alpha value is -1.89. The zero-order chi connectivity index (χ0) is 15.5. The molecular weight excluding hydrogens is 272 g/mol. The standard InChI is InChI=1S/C14H22N4O3/c1-10-4-3-7-14(19,8-10)9-16-13-11(18(20)21)5-6-12(15-2)17-13/h5-6,10,19H,3-4,7-9H2,1-2H3,(H2,15,16,17). The van der Waals surface area contributed by atoms with Gasteiger partial charge in [0.25, 0.3) is 0 Å². The molecule has 1 fully saturated rings. The van der Waals surface area contributed by atoms with Gasteiger partial charge in [0.05, 0.1) is 10.5 Å². The molecule has 0 amide bonds. The van der Waals surface area contributed by atoms with Gasteiger partial charge in [-0.2, -0.15) is 0 Å². The van der Waals surface area contributed by atoms with E-state index >= 15 is 0 Å². The minimum absolute atomic E-state index is 0.0820. The Bertz CT molecular complexity index is 523. The predicted octanol–water partition coefficient (Wildman–Crippen LogP) is 2.38. The van der Waals surface area contributed by atoms with Crippen molar-refractivity contribution < 1.29 is 10.0 Å². The Balaban J connectivity index is 2.13. The molecule has 2 atom stereocenters. The van der Waals surface area contributed by atoms with E-state index in [0.717, 1.165) is 12.8 Å². The normalized spacial score (nSPS) is 25.4. The third-order valence-corrected chi connectivity index (χ3v) is 3.98. The second-order valence-electron chi connectivity index (χ2n) is 5.85. The summed E-state index contributed by atoms with van der Waals surface area (Å²) in [6.07, 6.45) is 3.52. The highest BCUT2D eigenvalue weighted by atomic mass is 16.6. The average Bonchev–Trinajstić information content (AvgIpc) is 2.44. The van der Waals surface area contributed by atoms with Crippen molar-refractivity contribution in [1.82, 2.24) is 4.98 Å². The zero-order valence-corrected chi connectivity index (χ0v) is 12.4. The van der Waals surface area contributed by atoms with E-state index < -0.39 is 10.5 Å². The molecule has 1 saturated carbocycles. The largest absolute Gasteiger partial charge is 0.388 e. The van der Waals surface area contributed by atoms with Gasteiger partial charge in [0.1, 0.15) is 5.82 Å². The quantitative estimate of drug-likeness (QED) is 0.569. The fraction of sp³-hybridized carbons (Fsp3) is 0.643. The first-order valence-corrected chi connectivity index (χ1v) is 7.23. The van der Waals surface area contributed by atoms with E-state index in [0.29, 0.717) is 24.6 Å². The summed E-state index contributed by atoms with van der Waals surface area (Å²) < 4.78 is 0. The van der Waals surface area contributed by atoms with Crippen LogP contribution in [0.5, 0.6) is 0 Å². The summed E-state index contributed by atoms with van der Waals surface area (Å²) >= 11 is 0. The second kappa shape index (κ2) is 6.26. The van der Waals surface area contributed by atoms with E-state index in [9.17, 15) is 15.2 Å². The van der Waals surface area contributed by atoms with Gasteiger partial charge in [-0.25, -0.2) is 4.98 Å². The van der Waals surface area contributed by atoms with Crippen LogP contribution in [0.1, 0.15) is 32.6 Å². The molecule has 0 saturated heterocycles. The maximum atomic E-state index is 11.0. The lowest BCUT2D eigenvalue weighted by Gasteiger charge is -2.35. The number of hydrogen-bond acceptors (Lipinski definition) is 6. The van der Waals surface area contributed by atoms with Crippen LogP contribution in [-0.4, -0.2) is 34.2 Å². The lowest BCUT2D eigenvalue weighted by atomic mass is 9.79. The summed E-state index contributed by atoms with van der Waals surface area (Å²) in [5.74, 6) is 1.21. The third-order valence-electron chi connectivity index (χ3n) is 3.98. The van der Waals surface area contributed by atoms with E-state index in [1.54, 1.807) is 13.1 Å². The van der Waals surface area contributed by atoms with Crippen LogP contribution in [0.15, 0.2) is 12.1 Å². The smallest absolute Gasteiger partial charge is 0.311 e. The number of nitrogens with one attached hydrogen (secondary N) is 2. The Kier molecular flexibility index (Phi) is 4.62. The molecular formula is C14H22N4O3. The molecule has 1 aliphatic carbocycles. The van der Waals surface area contributed by atoms with Crippen LogP contribution in [0.4, 0.5) is 17.3 Å². The molecule has 2 unspecified atom stereocenters. The Morgan fingerprint density at radius 3 is 2.95 bits per heavy atom. The number of nitro groups is 1. The van der Waals surface area contributed by atoms with Gasteiger partial charge in [-0.3, -0.25) is 10.1 Å². The zero-order valence-electron chi connectivity index (χ0n) is 12.4. The Morgan fingerprint density at radius 1 is 1.57 bits per heavy atom. The van der Waals surface area contributed by atoms with Crippen molar-refractivity contribution >= 4 is 17.3 Å². The topological polar surface area (TPSA) is 100 Å². The van der Waals surface area contributed by atoms with Crippen molar-refractivity contribution in [3.63, 3.8) is 0 Å². The summed E-state index contributed by atoms with van der Waals surface area (Å²) in [5.41, 5.74) is -0.899. The van der Waals surface area contributed by atoms with E-state index in [4.69, 9.17) is 0 Å². The summed E-state index contributed by atoms with van der Waals surface area (Å²) in [4.78, 5) is 14.7. The van der Waals surface area contributed by atoms with E-state index in [1.165, 1.54) is 6.07 Å². The first-order valence-electron chi connectivity index (χ1n) is 7.23. The maximum Gasteiger partial charge on any atom is 0.311 e. The molecule has 116 valence electrons. The molecule has 2 rings (SSSR count). The molecule has 0 spiro atoms. The van der Waals surface area contributed by atoms with Gasteiger partial charge < -0.3 is 15.7 Å². The molecule has 1 heterocycles. The third kappa shape index (κ3) is 3.81.